The molecule has 76 valence electrons. The summed E-state index contributed by atoms with van der Waals surface area (Å²) in [5.41, 5.74) is 1.20. The van der Waals surface area contributed by atoms with E-state index in [9.17, 15) is 0 Å². The fourth-order valence-electron chi connectivity index (χ4n) is 1.69. The molecule has 4 heteroatoms. The van der Waals surface area contributed by atoms with Crippen LogP contribution in [0.3, 0.4) is 0 Å². The van der Waals surface area contributed by atoms with E-state index in [2.05, 4.69) is 27.9 Å². The van der Waals surface area contributed by atoms with Crippen molar-refractivity contribution < 1.29 is 0 Å². The largest absolute Gasteiger partial charge is 0.332 e. The first-order valence-corrected chi connectivity index (χ1v) is 5.32. The van der Waals surface area contributed by atoms with Gasteiger partial charge in [0.2, 0.25) is 0 Å². The van der Waals surface area contributed by atoms with E-state index >= 15 is 0 Å². The van der Waals surface area contributed by atoms with Crippen molar-refractivity contribution in [3.05, 3.63) is 24.3 Å². The molecule has 0 bridgehead atoms. The second-order valence-electron chi connectivity index (χ2n) is 3.38. The van der Waals surface area contributed by atoms with Crippen molar-refractivity contribution in [2.45, 2.75) is 18.8 Å². The average Bonchev–Trinajstić information content (AvgIpc) is 2.65. The molecule has 1 aliphatic rings. The summed E-state index contributed by atoms with van der Waals surface area (Å²) in [6, 6.07) is 0. The number of rotatable bonds is 2. The van der Waals surface area contributed by atoms with E-state index in [4.69, 9.17) is 11.6 Å². The Kier molecular flexibility index (Phi) is 2.89. The Bertz CT molecular complexity index is 343. The Morgan fingerprint density at radius 1 is 1.71 bits per heavy atom. The van der Waals surface area contributed by atoms with Gasteiger partial charge in [-0.25, -0.2) is 4.98 Å². The van der Waals surface area contributed by atoms with E-state index in [0.717, 1.165) is 25.5 Å². The number of hydrogen-bond donors (Lipinski definition) is 1. The van der Waals surface area contributed by atoms with E-state index in [0.29, 0.717) is 0 Å². The number of hydrogen-bond acceptors (Lipinski definition) is 2. The molecule has 14 heavy (non-hydrogen) atoms. The quantitative estimate of drug-likeness (QED) is 0.752. The second kappa shape index (κ2) is 4.15. The fraction of sp³-hybridized carbons (Fsp3) is 0.500. The first kappa shape index (κ1) is 9.74. The smallest absolute Gasteiger partial charge is 0.136 e. The zero-order valence-electron chi connectivity index (χ0n) is 8.20. The van der Waals surface area contributed by atoms with Crippen LogP contribution in [0.4, 0.5) is 0 Å². The Morgan fingerprint density at radius 3 is 3.29 bits per heavy atom. The zero-order chi connectivity index (χ0) is 9.97. The SMILES string of the molecule is CCn1ccnc1C1=CC(Cl)CNC1. The summed E-state index contributed by atoms with van der Waals surface area (Å²) in [4.78, 5) is 4.34. The van der Waals surface area contributed by atoms with Crippen LogP contribution in [-0.2, 0) is 6.54 Å². The summed E-state index contributed by atoms with van der Waals surface area (Å²) >= 11 is 6.05. The molecule has 0 amide bonds. The van der Waals surface area contributed by atoms with E-state index in [1.165, 1.54) is 5.57 Å². The third-order valence-corrected chi connectivity index (χ3v) is 2.66. The predicted molar refractivity (Wildman–Crippen MR) is 58.4 cm³/mol. The van der Waals surface area contributed by atoms with Crippen molar-refractivity contribution >= 4 is 17.2 Å². The third kappa shape index (κ3) is 1.83. The van der Waals surface area contributed by atoms with Crippen LogP contribution in [-0.4, -0.2) is 28.0 Å². The highest BCUT2D eigenvalue weighted by molar-refractivity contribution is 6.22. The minimum atomic E-state index is 0.0840. The van der Waals surface area contributed by atoms with Gasteiger partial charge >= 0.3 is 0 Å². The van der Waals surface area contributed by atoms with Gasteiger partial charge in [0, 0.05) is 37.6 Å². The Hall–Kier alpha value is -0.800. The Balaban J connectivity index is 2.29. The molecule has 1 unspecified atom stereocenters. The van der Waals surface area contributed by atoms with Crippen molar-refractivity contribution in [1.82, 2.24) is 14.9 Å². The summed E-state index contributed by atoms with van der Waals surface area (Å²) in [5.74, 6) is 1.03. The van der Waals surface area contributed by atoms with Crippen molar-refractivity contribution in [2.24, 2.45) is 0 Å². The van der Waals surface area contributed by atoms with Gasteiger partial charge in [0.25, 0.3) is 0 Å². The number of imidazole rings is 1. The van der Waals surface area contributed by atoms with Gasteiger partial charge in [0.1, 0.15) is 5.82 Å². The van der Waals surface area contributed by atoms with Gasteiger partial charge in [-0.2, -0.15) is 0 Å². The van der Waals surface area contributed by atoms with Crippen LogP contribution in [0.25, 0.3) is 5.57 Å². The zero-order valence-corrected chi connectivity index (χ0v) is 8.96. The van der Waals surface area contributed by atoms with Crippen molar-refractivity contribution in [3.8, 4) is 0 Å². The molecule has 0 saturated heterocycles. The molecule has 1 N–H and O–H groups in total. The molecular weight excluding hydrogens is 198 g/mol. The van der Waals surface area contributed by atoms with Gasteiger partial charge < -0.3 is 9.88 Å². The van der Waals surface area contributed by atoms with Gasteiger partial charge in [-0.15, -0.1) is 11.6 Å². The lowest BCUT2D eigenvalue weighted by Crippen LogP contribution is -2.29. The lowest BCUT2D eigenvalue weighted by atomic mass is 10.1. The van der Waals surface area contributed by atoms with Crippen LogP contribution in [0.1, 0.15) is 12.7 Å². The van der Waals surface area contributed by atoms with Crippen LogP contribution in [0, 0.1) is 0 Å². The number of nitrogens with zero attached hydrogens (tertiary/aromatic N) is 2. The second-order valence-corrected chi connectivity index (χ2v) is 3.94. The van der Waals surface area contributed by atoms with Gasteiger partial charge in [-0.1, -0.05) is 6.08 Å². The minimum absolute atomic E-state index is 0.0840. The molecule has 2 rings (SSSR count). The topological polar surface area (TPSA) is 29.9 Å². The minimum Gasteiger partial charge on any atom is -0.332 e. The van der Waals surface area contributed by atoms with Crippen LogP contribution in [0.15, 0.2) is 18.5 Å². The molecule has 0 aliphatic carbocycles. The normalized spacial score (nSPS) is 22.1. The monoisotopic (exact) mass is 211 g/mol. The molecule has 0 fully saturated rings. The van der Waals surface area contributed by atoms with E-state index in [-0.39, 0.29) is 5.38 Å². The summed E-state index contributed by atoms with van der Waals surface area (Å²) in [7, 11) is 0. The maximum absolute atomic E-state index is 6.05. The first-order valence-electron chi connectivity index (χ1n) is 4.88. The maximum atomic E-state index is 6.05. The number of halogens is 1. The van der Waals surface area contributed by atoms with E-state index in [1.54, 1.807) is 0 Å². The number of nitrogens with one attached hydrogen (secondary N) is 1. The lowest BCUT2D eigenvalue weighted by molar-refractivity contribution is 0.710. The van der Waals surface area contributed by atoms with E-state index in [1.807, 2.05) is 12.4 Å². The molecule has 2 heterocycles. The van der Waals surface area contributed by atoms with Crippen LogP contribution >= 0.6 is 11.6 Å². The molecule has 0 radical (unpaired) electrons. The molecule has 0 saturated carbocycles. The highest BCUT2D eigenvalue weighted by Gasteiger charge is 2.14. The van der Waals surface area contributed by atoms with Crippen molar-refractivity contribution in [1.29, 1.82) is 0 Å². The van der Waals surface area contributed by atoms with Gasteiger partial charge in [0.15, 0.2) is 0 Å². The summed E-state index contributed by atoms with van der Waals surface area (Å²) in [6.45, 7) is 4.76. The highest BCUT2D eigenvalue weighted by Crippen LogP contribution is 2.17. The molecule has 3 nitrogen and oxygen atoms in total. The maximum Gasteiger partial charge on any atom is 0.136 e. The van der Waals surface area contributed by atoms with Gasteiger partial charge in [-0.3, -0.25) is 0 Å². The number of aromatic nitrogens is 2. The van der Waals surface area contributed by atoms with Crippen LogP contribution in [0.2, 0.25) is 0 Å². The molecule has 1 aromatic heterocycles. The molecule has 0 aromatic carbocycles. The Labute approximate surface area is 88.8 Å². The predicted octanol–water partition coefficient (Wildman–Crippen LogP) is 1.50. The molecule has 1 aromatic rings. The molecule has 1 aliphatic heterocycles. The van der Waals surface area contributed by atoms with Crippen molar-refractivity contribution in [3.63, 3.8) is 0 Å². The van der Waals surface area contributed by atoms with Crippen LogP contribution < -0.4 is 5.32 Å². The van der Waals surface area contributed by atoms with Crippen molar-refractivity contribution in [2.75, 3.05) is 13.1 Å². The standard InChI is InChI=1S/C10H14ClN3/c1-2-14-4-3-13-10(14)8-5-9(11)7-12-6-8/h3-5,9,12H,2,6-7H2,1H3. The summed E-state index contributed by atoms with van der Waals surface area (Å²) < 4.78 is 2.13. The number of aryl methyl sites for hydroxylation is 1. The summed E-state index contributed by atoms with van der Waals surface area (Å²) in [6.07, 6.45) is 5.91. The van der Waals surface area contributed by atoms with Crippen LogP contribution in [0.5, 0.6) is 0 Å². The van der Waals surface area contributed by atoms with Gasteiger partial charge in [-0.05, 0) is 6.92 Å². The van der Waals surface area contributed by atoms with E-state index < -0.39 is 0 Å². The third-order valence-electron chi connectivity index (χ3n) is 2.38. The fourth-order valence-corrected chi connectivity index (χ4v) is 1.95. The average molecular weight is 212 g/mol. The highest BCUT2D eigenvalue weighted by atomic mass is 35.5. The molecule has 0 spiro atoms. The number of alkyl halides is 1. The molecule has 1 atom stereocenters. The van der Waals surface area contributed by atoms with Gasteiger partial charge in [0.05, 0.1) is 5.38 Å². The molecular formula is C10H14ClN3. The lowest BCUT2D eigenvalue weighted by Gasteiger charge is -2.18. The first-order chi connectivity index (χ1) is 6.81. The Morgan fingerprint density at radius 2 is 2.57 bits per heavy atom. The summed E-state index contributed by atoms with van der Waals surface area (Å²) in [5, 5.41) is 3.35.